The van der Waals surface area contributed by atoms with Crippen molar-refractivity contribution < 1.29 is 8.42 Å². The minimum Gasteiger partial charge on any atom is -0.363 e. The summed E-state index contributed by atoms with van der Waals surface area (Å²) < 4.78 is 26.9. The van der Waals surface area contributed by atoms with Crippen LogP contribution in [0.2, 0.25) is 0 Å². The predicted molar refractivity (Wildman–Crippen MR) is 89.1 cm³/mol. The Morgan fingerprint density at radius 3 is 2.64 bits per heavy atom. The van der Waals surface area contributed by atoms with E-state index in [0.717, 1.165) is 10.7 Å². The molecule has 2 N–H and O–H groups in total. The molecule has 0 spiro atoms. The molecular weight excluding hydrogens is 322 g/mol. The maximum Gasteiger partial charge on any atom is 0.250 e. The van der Waals surface area contributed by atoms with Crippen LogP contribution in [0.15, 0.2) is 28.6 Å². The fraction of sp³-hybridized carbons (Fsp3) is 0.385. The highest BCUT2D eigenvalue weighted by molar-refractivity contribution is 7.91. The Kier molecular flexibility index (Phi) is 5.33. The molecule has 7 nitrogen and oxygen atoms in total. The number of aryl methyl sites for hydroxylation is 1. The van der Waals surface area contributed by atoms with Crippen molar-refractivity contribution in [2.75, 3.05) is 37.4 Å². The van der Waals surface area contributed by atoms with Gasteiger partial charge in [-0.1, -0.05) is 0 Å². The average Bonchev–Trinajstić information content (AvgIpc) is 2.91. The van der Waals surface area contributed by atoms with E-state index in [2.05, 4.69) is 20.0 Å². The summed E-state index contributed by atoms with van der Waals surface area (Å²) in [5.41, 5.74) is 0. The summed E-state index contributed by atoms with van der Waals surface area (Å²) >= 11 is 1.25. The summed E-state index contributed by atoms with van der Waals surface area (Å²) in [5.74, 6) is 1.25. The molecule has 0 saturated carbocycles. The topological polar surface area (TPSA) is 87.2 Å². The maximum atomic E-state index is 12.0. The normalized spacial score (nSPS) is 11.4. The van der Waals surface area contributed by atoms with Crippen molar-refractivity contribution in [3.63, 3.8) is 0 Å². The summed E-state index contributed by atoms with van der Waals surface area (Å²) in [6.45, 7) is 2.54. The fourth-order valence-electron chi connectivity index (χ4n) is 1.67. The van der Waals surface area contributed by atoms with Gasteiger partial charge in [0.2, 0.25) is 16.0 Å². The van der Waals surface area contributed by atoms with E-state index in [1.54, 1.807) is 24.4 Å². The number of rotatable bonds is 7. The first-order chi connectivity index (χ1) is 10.4. The van der Waals surface area contributed by atoms with Crippen molar-refractivity contribution in [3.8, 4) is 0 Å². The van der Waals surface area contributed by atoms with E-state index >= 15 is 0 Å². The van der Waals surface area contributed by atoms with Crippen molar-refractivity contribution in [2.45, 2.75) is 11.1 Å². The second-order valence-corrected chi connectivity index (χ2v) is 8.10. The largest absolute Gasteiger partial charge is 0.363 e. The van der Waals surface area contributed by atoms with Gasteiger partial charge in [-0.05, 0) is 25.1 Å². The molecule has 0 atom stereocenters. The van der Waals surface area contributed by atoms with E-state index in [4.69, 9.17) is 0 Å². The van der Waals surface area contributed by atoms with Gasteiger partial charge in [0.05, 0.1) is 0 Å². The van der Waals surface area contributed by atoms with Crippen LogP contribution in [0, 0.1) is 6.92 Å². The number of sulfonamides is 1. The Hall–Kier alpha value is -1.71. The zero-order valence-corrected chi connectivity index (χ0v) is 14.3. The fourth-order valence-corrected chi connectivity index (χ4v) is 4.03. The first-order valence-electron chi connectivity index (χ1n) is 6.69. The van der Waals surface area contributed by atoms with Crippen LogP contribution in [0.5, 0.6) is 0 Å². The number of hydrogen-bond donors (Lipinski definition) is 2. The van der Waals surface area contributed by atoms with Gasteiger partial charge in [0.1, 0.15) is 10.0 Å². The van der Waals surface area contributed by atoms with Gasteiger partial charge >= 0.3 is 0 Å². The third-order valence-corrected chi connectivity index (χ3v) is 5.73. The lowest BCUT2D eigenvalue weighted by Crippen LogP contribution is -2.28. The molecule has 0 radical (unpaired) electrons. The molecule has 0 fully saturated rings. The Balaban J connectivity index is 1.86. The Labute approximate surface area is 134 Å². The summed E-state index contributed by atoms with van der Waals surface area (Å²) in [6.07, 6.45) is 1.66. The molecule has 0 saturated heterocycles. The van der Waals surface area contributed by atoms with Gasteiger partial charge < -0.3 is 10.2 Å². The molecule has 0 unspecified atom stereocenters. The third-order valence-electron chi connectivity index (χ3n) is 2.78. The number of nitrogens with one attached hydrogen (secondary N) is 2. The van der Waals surface area contributed by atoms with Crippen LogP contribution in [0.4, 0.5) is 11.8 Å². The van der Waals surface area contributed by atoms with Crippen LogP contribution in [0.3, 0.4) is 0 Å². The molecule has 22 heavy (non-hydrogen) atoms. The van der Waals surface area contributed by atoms with Gasteiger partial charge in [0, 0.05) is 38.3 Å². The van der Waals surface area contributed by atoms with E-state index < -0.39 is 10.0 Å². The van der Waals surface area contributed by atoms with Crippen LogP contribution in [-0.2, 0) is 10.0 Å². The molecule has 0 aromatic carbocycles. The van der Waals surface area contributed by atoms with Crippen molar-refractivity contribution in [2.24, 2.45) is 0 Å². The lowest BCUT2D eigenvalue weighted by atomic mass is 10.5. The van der Waals surface area contributed by atoms with Crippen molar-refractivity contribution in [3.05, 3.63) is 29.3 Å². The smallest absolute Gasteiger partial charge is 0.250 e. The van der Waals surface area contributed by atoms with Crippen LogP contribution in [0.1, 0.15) is 4.88 Å². The molecule has 9 heteroatoms. The average molecular weight is 341 g/mol. The monoisotopic (exact) mass is 341 g/mol. The summed E-state index contributed by atoms with van der Waals surface area (Å²) in [7, 11) is 0.348. The molecule has 0 aliphatic rings. The minimum atomic E-state index is -3.44. The molecule has 2 aromatic rings. The van der Waals surface area contributed by atoms with Gasteiger partial charge in [-0.3, -0.25) is 0 Å². The van der Waals surface area contributed by atoms with E-state index in [1.165, 1.54) is 11.3 Å². The number of hydrogen-bond acceptors (Lipinski definition) is 7. The molecule has 0 aliphatic heterocycles. The number of thiophene rings is 1. The van der Waals surface area contributed by atoms with E-state index in [0.29, 0.717) is 16.7 Å². The molecule has 0 bridgehead atoms. The summed E-state index contributed by atoms with van der Waals surface area (Å²) in [5, 5.41) is 3.00. The van der Waals surface area contributed by atoms with Crippen LogP contribution in [0.25, 0.3) is 0 Å². The minimum absolute atomic E-state index is 0.259. The van der Waals surface area contributed by atoms with Gasteiger partial charge in [-0.25, -0.2) is 18.1 Å². The van der Waals surface area contributed by atoms with Gasteiger partial charge in [0.15, 0.2) is 0 Å². The molecule has 0 amide bonds. The summed E-state index contributed by atoms with van der Waals surface area (Å²) in [4.78, 5) is 11.2. The first-order valence-corrected chi connectivity index (χ1v) is 8.99. The second kappa shape index (κ2) is 7.03. The second-order valence-electron chi connectivity index (χ2n) is 4.82. The Morgan fingerprint density at radius 1 is 1.23 bits per heavy atom. The van der Waals surface area contributed by atoms with Gasteiger partial charge in [-0.2, -0.15) is 4.98 Å². The van der Waals surface area contributed by atoms with E-state index in [9.17, 15) is 8.42 Å². The van der Waals surface area contributed by atoms with E-state index in [1.807, 2.05) is 25.9 Å². The summed E-state index contributed by atoms with van der Waals surface area (Å²) in [6, 6.07) is 5.20. The SMILES string of the molecule is Cc1ccc(S(=O)(=O)NCCNc2nccc(N(C)C)n2)s1. The Bertz CT molecular complexity index is 728. The maximum absolute atomic E-state index is 12.0. The molecule has 2 aromatic heterocycles. The quantitative estimate of drug-likeness (QED) is 0.738. The molecule has 0 aliphatic carbocycles. The lowest BCUT2D eigenvalue weighted by Gasteiger charge is -2.12. The van der Waals surface area contributed by atoms with Crippen LogP contribution >= 0.6 is 11.3 Å². The standard InChI is InChI=1S/C13H19N5O2S2/c1-10-4-5-12(21-10)22(19,20)16-9-8-15-13-14-7-6-11(17-13)18(2)3/h4-7,16H,8-9H2,1-3H3,(H,14,15,17). The molecular formula is C13H19N5O2S2. The molecule has 120 valence electrons. The highest BCUT2D eigenvalue weighted by atomic mass is 32.2. The van der Waals surface area contributed by atoms with Crippen molar-refractivity contribution in [1.29, 1.82) is 0 Å². The van der Waals surface area contributed by atoms with Crippen molar-refractivity contribution in [1.82, 2.24) is 14.7 Å². The number of anilines is 2. The Morgan fingerprint density at radius 2 is 2.00 bits per heavy atom. The lowest BCUT2D eigenvalue weighted by molar-refractivity contribution is 0.585. The first kappa shape index (κ1) is 16.7. The van der Waals surface area contributed by atoms with E-state index in [-0.39, 0.29) is 6.54 Å². The highest BCUT2D eigenvalue weighted by Gasteiger charge is 2.15. The number of nitrogens with zero attached hydrogens (tertiary/aromatic N) is 3. The predicted octanol–water partition coefficient (Wildman–Crippen LogP) is 1.30. The zero-order valence-electron chi connectivity index (χ0n) is 12.7. The van der Waals surface area contributed by atoms with Gasteiger partial charge in [0.25, 0.3) is 0 Å². The highest BCUT2D eigenvalue weighted by Crippen LogP contribution is 2.19. The zero-order chi connectivity index (χ0) is 16.2. The van der Waals surface area contributed by atoms with Crippen molar-refractivity contribution >= 4 is 33.1 Å². The molecule has 2 heterocycles. The van der Waals surface area contributed by atoms with Gasteiger partial charge in [-0.15, -0.1) is 11.3 Å². The number of aromatic nitrogens is 2. The third kappa shape index (κ3) is 4.39. The van der Waals surface area contributed by atoms with Crippen LogP contribution < -0.4 is 14.9 Å². The molecule has 2 rings (SSSR count). The van der Waals surface area contributed by atoms with Crippen LogP contribution in [-0.4, -0.2) is 45.6 Å².